The van der Waals surface area contributed by atoms with E-state index in [1.807, 2.05) is 18.0 Å². The molecular weight excluding hydrogens is 118 g/mol. The molecule has 2 heteroatoms. The van der Waals surface area contributed by atoms with Gasteiger partial charge in [0.15, 0.2) is 0 Å². The summed E-state index contributed by atoms with van der Waals surface area (Å²) in [6.45, 7) is 3.63. The number of rotatable bonds is 3. The van der Waals surface area contributed by atoms with Crippen molar-refractivity contribution in [1.29, 1.82) is 0 Å². The van der Waals surface area contributed by atoms with E-state index >= 15 is 0 Å². The van der Waals surface area contributed by atoms with Crippen LogP contribution in [0.1, 0.15) is 0 Å². The van der Waals surface area contributed by atoms with Gasteiger partial charge in [0.25, 0.3) is 0 Å². The highest BCUT2D eigenvalue weighted by atomic mass is 32.2. The monoisotopic (exact) mass is 132 g/mol. The van der Waals surface area contributed by atoms with Gasteiger partial charge in [-0.05, 0) is 0 Å². The topological polar surface area (TPSA) is 0 Å². The lowest BCUT2D eigenvalue weighted by molar-refractivity contribution is -0.726. The van der Waals surface area contributed by atoms with Gasteiger partial charge in [-0.2, -0.15) is 0 Å². The van der Waals surface area contributed by atoms with Gasteiger partial charge in [-0.3, -0.25) is 3.89 Å². The molecule has 0 aliphatic rings. The zero-order chi connectivity index (χ0) is 6.62. The van der Waals surface area contributed by atoms with Gasteiger partial charge >= 0.3 is 0 Å². The van der Waals surface area contributed by atoms with E-state index in [1.54, 1.807) is 0 Å². The van der Waals surface area contributed by atoms with Crippen LogP contribution in [0, 0.1) is 0 Å². The molecule has 48 valence electrons. The molecule has 1 nitrogen and oxygen atoms in total. The minimum Gasteiger partial charge on any atom is -0.269 e. The van der Waals surface area contributed by atoms with E-state index in [9.17, 15) is 0 Å². The van der Waals surface area contributed by atoms with E-state index in [-0.39, 0.29) is 0 Å². The Labute approximate surface area is 56.1 Å². The largest absolute Gasteiger partial charge is 0.269 e. The van der Waals surface area contributed by atoms with Gasteiger partial charge in [-0.1, -0.05) is 6.08 Å². The van der Waals surface area contributed by atoms with Crippen LogP contribution in [0.15, 0.2) is 12.7 Å². The highest BCUT2D eigenvalue weighted by Crippen LogP contribution is 2.11. The van der Waals surface area contributed by atoms with Crippen LogP contribution < -0.4 is 0 Å². The summed E-state index contributed by atoms with van der Waals surface area (Å²) in [5.74, 6) is 1.03. The smallest absolute Gasteiger partial charge is 0.0783 e. The van der Waals surface area contributed by atoms with Crippen LogP contribution in [0.3, 0.4) is 0 Å². The van der Waals surface area contributed by atoms with Crippen molar-refractivity contribution in [2.24, 2.45) is 0 Å². The fourth-order valence-electron chi connectivity index (χ4n) is 0.276. The van der Waals surface area contributed by atoms with Gasteiger partial charge in [-0.15, -0.1) is 6.58 Å². The molecule has 0 bridgehead atoms. The molecule has 0 aliphatic carbocycles. The van der Waals surface area contributed by atoms with Gasteiger partial charge in [-0.25, -0.2) is 0 Å². The van der Waals surface area contributed by atoms with Crippen molar-refractivity contribution < 1.29 is 3.89 Å². The minimum absolute atomic E-state index is 0.950. The number of nitrogens with zero attached hydrogens (tertiary/aromatic N) is 1. The Kier molecular flexibility index (Phi) is 3.17. The van der Waals surface area contributed by atoms with Crippen LogP contribution in [0.5, 0.6) is 0 Å². The van der Waals surface area contributed by atoms with Crippen LogP contribution in [-0.4, -0.2) is 30.8 Å². The summed E-state index contributed by atoms with van der Waals surface area (Å²) in [4.78, 5) is 0. The Morgan fingerprint density at radius 1 is 1.50 bits per heavy atom. The summed E-state index contributed by atoms with van der Waals surface area (Å²) in [6, 6.07) is 0. The Bertz CT molecular complexity index is 73.1. The first kappa shape index (κ1) is 8.05. The minimum atomic E-state index is 0.950. The molecule has 0 amide bonds. The SMILES string of the molecule is C=CCS[N+](C)(C)C. The lowest BCUT2D eigenvalue weighted by atomic mass is 10.8. The molecule has 0 fully saturated rings. The second-order valence-corrected chi connectivity index (χ2v) is 4.16. The second kappa shape index (κ2) is 3.15. The van der Waals surface area contributed by atoms with Crippen LogP contribution in [0.2, 0.25) is 0 Å². The normalized spacial score (nSPS) is 11.4. The molecule has 0 aromatic rings. The number of hydrogen-bond acceptors (Lipinski definition) is 1. The van der Waals surface area contributed by atoms with Crippen molar-refractivity contribution in [2.45, 2.75) is 0 Å². The van der Waals surface area contributed by atoms with Gasteiger partial charge in [0.05, 0.1) is 38.8 Å². The standard InChI is InChI=1S/C6H14NS/c1-5-6-8-7(2,3)4/h5H,1,6H2,2-4H3/q+1. The number of quaternary nitrogens is 1. The quantitative estimate of drug-likeness (QED) is 0.319. The third-order valence-corrected chi connectivity index (χ3v) is 1.74. The third-order valence-electron chi connectivity index (χ3n) is 0.580. The van der Waals surface area contributed by atoms with Crippen molar-refractivity contribution in [3.8, 4) is 0 Å². The first-order chi connectivity index (χ1) is 3.56. The summed E-state index contributed by atoms with van der Waals surface area (Å²) in [5.41, 5.74) is 0. The summed E-state index contributed by atoms with van der Waals surface area (Å²) < 4.78 is 0.950. The van der Waals surface area contributed by atoms with E-state index in [1.165, 1.54) is 0 Å². The second-order valence-electron chi connectivity index (χ2n) is 2.47. The van der Waals surface area contributed by atoms with Crippen molar-refractivity contribution in [1.82, 2.24) is 0 Å². The molecular formula is C6H14NS+. The van der Waals surface area contributed by atoms with Crippen molar-refractivity contribution in [2.75, 3.05) is 26.9 Å². The first-order valence-corrected chi connectivity index (χ1v) is 3.57. The highest BCUT2D eigenvalue weighted by molar-refractivity contribution is 7.93. The third kappa shape index (κ3) is 6.05. The van der Waals surface area contributed by atoms with Crippen LogP contribution in [0.25, 0.3) is 0 Å². The Morgan fingerprint density at radius 3 is 2.12 bits per heavy atom. The van der Waals surface area contributed by atoms with Crippen molar-refractivity contribution >= 4 is 11.9 Å². The maximum atomic E-state index is 3.63. The molecule has 0 unspecified atom stereocenters. The molecule has 0 atom stereocenters. The molecule has 0 rings (SSSR count). The lowest BCUT2D eigenvalue weighted by Crippen LogP contribution is -2.25. The van der Waals surface area contributed by atoms with E-state index in [4.69, 9.17) is 0 Å². The zero-order valence-corrected chi connectivity index (χ0v) is 6.66. The summed E-state index contributed by atoms with van der Waals surface area (Å²) in [6.07, 6.45) is 1.92. The molecule has 0 aliphatic heterocycles. The molecule has 0 radical (unpaired) electrons. The fourth-order valence-corrected chi connectivity index (χ4v) is 0.829. The first-order valence-electron chi connectivity index (χ1n) is 2.63. The van der Waals surface area contributed by atoms with E-state index in [0.717, 1.165) is 9.64 Å². The Morgan fingerprint density at radius 2 is 2.00 bits per heavy atom. The van der Waals surface area contributed by atoms with Crippen LogP contribution in [-0.2, 0) is 0 Å². The molecule has 0 saturated heterocycles. The van der Waals surface area contributed by atoms with Crippen molar-refractivity contribution in [3.05, 3.63) is 12.7 Å². The number of hydrogen-bond donors (Lipinski definition) is 0. The van der Waals surface area contributed by atoms with E-state index in [2.05, 4.69) is 27.7 Å². The van der Waals surface area contributed by atoms with Gasteiger partial charge < -0.3 is 0 Å². The Hall–Kier alpha value is 0.0500. The molecule has 0 spiro atoms. The Balaban J connectivity index is 3.24. The summed E-state index contributed by atoms with van der Waals surface area (Å²) >= 11 is 1.85. The van der Waals surface area contributed by atoms with Crippen molar-refractivity contribution in [3.63, 3.8) is 0 Å². The van der Waals surface area contributed by atoms with Crippen LogP contribution >= 0.6 is 11.9 Å². The maximum absolute atomic E-state index is 3.63. The maximum Gasteiger partial charge on any atom is 0.0783 e. The highest BCUT2D eigenvalue weighted by Gasteiger charge is 2.05. The van der Waals surface area contributed by atoms with E-state index in [0.29, 0.717) is 0 Å². The molecule has 8 heavy (non-hydrogen) atoms. The fraction of sp³-hybridized carbons (Fsp3) is 0.667. The zero-order valence-electron chi connectivity index (χ0n) is 5.85. The predicted molar refractivity (Wildman–Crippen MR) is 40.7 cm³/mol. The molecule has 0 aromatic heterocycles. The van der Waals surface area contributed by atoms with Gasteiger partial charge in [0.1, 0.15) is 0 Å². The lowest BCUT2D eigenvalue weighted by Gasteiger charge is -2.19. The predicted octanol–water partition coefficient (Wildman–Crippen LogP) is 1.53. The van der Waals surface area contributed by atoms with Crippen LogP contribution in [0.4, 0.5) is 0 Å². The van der Waals surface area contributed by atoms with Gasteiger partial charge in [0.2, 0.25) is 0 Å². The summed E-state index contributed by atoms with van der Waals surface area (Å²) in [5, 5.41) is 0. The molecule has 0 N–H and O–H groups in total. The summed E-state index contributed by atoms with van der Waals surface area (Å²) in [7, 11) is 6.44. The van der Waals surface area contributed by atoms with Gasteiger partial charge in [0, 0.05) is 0 Å². The molecule has 0 saturated carbocycles. The average molecular weight is 132 g/mol. The molecule has 0 aromatic carbocycles. The molecule has 0 heterocycles. The average Bonchev–Trinajstić information content (AvgIpc) is 1.59. The van der Waals surface area contributed by atoms with E-state index < -0.39 is 0 Å².